The molecule has 0 fully saturated rings. The number of hydrogen-bond acceptors (Lipinski definition) is 1. The lowest BCUT2D eigenvalue weighted by Crippen LogP contribution is -1.80. The molecule has 2 aromatic carbocycles. The summed E-state index contributed by atoms with van der Waals surface area (Å²) in [7, 11) is 0. The number of rotatable bonds is 1. The van der Waals surface area contributed by atoms with Crippen LogP contribution in [0, 0.1) is 17.9 Å². The fourth-order valence-corrected chi connectivity index (χ4v) is 1.56. The molecule has 0 spiro atoms. The summed E-state index contributed by atoms with van der Waals surface area (Å²) in [6.07, 6.45) is 0. The third-order valence-electron chi connectivity index (χ3n) is 2.17. The molecular weight excluding hydrogens is 212 g/mol. The Morgan fingerprint density at radius 2 is 1.88 bits per heavy atom. The van der Waals surface area contributed by atoms with Gasteiger partial charge >= 0.3 is 0 Å². The summed E-state index contributed by atoms with van der Waals surface area (Å²) in [6.45, 7) is 0. The van der Waals surface area contributed by atoms with Gasteiger partial charge in [0.1, 0.15) is 0 Å². The van der Waals surface area contributed by atoms with E-state index < -0.39 is 0 Å². The predicted octanol–water partition coefficient (Wildman–Crippen LogP) is 3.32. The van der Waals surface area contributed by atoms with Crippen LogP contribution in [0.2, 0.25) is 0 Å². The standard InChI is InChI=1S/C15H11S/c16-12-15-8-4-7-14(11-15)10-9-13-5-2-1-3-6-13/h1-2,4-8,11,16H,12H2. The first-order chi connectivity index (χ1) is 7.88. The average Bonchev–Trinajstić information content (AvgIpc) is 2.38. The summed E-state index contributed by atoms with van der Waals surface area (Å²) in [5, 5.41) is 0. The molecule has 0 unspecified atom stereocenters. The molecule has 1 heteroatoms. The van der Waals surface area contributed by atoms with Crippen LogP contribution in [-0.2, 0) is 5.75 Å². The smallest absolute Gasteiger partial charge is 0.0255 e. The van der Waals surface area contributed by atoms with Gasteiger partial charge in [-0.15, -0.1) is 0 Å². The van der Waals surface area contributed by atoms with Crippen molar-refractivity contribution in [3.05, 3.63) is 71.3 Å². The Labute approximate surface area is 102 Å². The summed E-state index contributed by atoms with van der Waals surface area (Å²) < 4.78 is 0. The van der Waals surface area contributed by atoms with E-state index in [0.29, 0.717) is 0 Å². The van der Waals surface area contributed by atoms with Gasteiger partial charge in [-0.25, -0.2) is 0 Å². The van der Waals surface area contributed by atoms with E-state index in [1.807, 2.05) is 36.4 Å². The lowest BCUT2D eigenvalue weighted by molar-refractivity contribution is 1.41. The van der Waals surface area contributed by atoms with Crippen molar-refractivity contribution in [3.63, 3.8) is 0 Å². The molecule has 0 heterocycles. The molecule has 16 heavy (non-hydrogen) atoms. The molecule has 2 aromatic rings. The highest BCUT2D eigenvalue weighted by Gasteiger charge is 1.90. The normalized spacial score (nSPS) is 9.31. The van der Waals surface area contributed by atoms with Gasteiger partial charge in [0.25, 0.3) is 0 Å². The molecule has 0 aliphatic rings. The van der Waals surface area contributed by atoms with Gasteiger partial charge in [-0.1, -0.05) is 36.1 Å². The van der Waals surface area contributed by atoms with Gasteiger partial charge in [0.05, 0.1) is 0 Å². The van der Waals surface area contributed by atoms with Gasteiger partial charge in [0, 0.05) is 16.9 Å². The molecule has 0 aromatic heterocycles. The van der Waals surface area contributed by atoms with Gasteiger partial charge in [0.15, 0.2) is 0 Å². The zero-order chi connectivity index (χ0) is 11.2. The molecule has 0 bridgehead atoms. The zero-order valence-electron chi connectivity index (χ0n) is 8.77. The van der Waals surface area contributed by atoms with Gasteiger partial charge in [-0.2, -0.15) is 12.6 Å². The van der Waals surface area contributed by atoms with Crippen molar-refractivity contribution in [1.29, 1.82) is 0 Å². The van der Waals surface area contributed by atoms with E-state index in [1.165, 1.54) is 5.56 Å². The van der Waals surface area contributed by atoms with E-state index in [9.17, 15) is 0 Å². The highest BCUT2D eigenvalue weighted by molar-refractivity contribution is 7.79. The number of hydrogen-bond donors (Lipinski definition) is 1. The molecule has 0 saturated heterocycles. The molecule has 0 aliphatic heterocycles. The zero-order valence-corrected chi connectivity index (χ0v) is 9.67. The lowest BCUT2D eigenvalue weighted by Gasteiger charge is -1.95. The Balaban J connectivity index is 2.24. The number of benzene rings is 2. The summed E-state index contributed by atoms with van der Waals surface area (Å²) in [6, 6.07) is 18.8. The first-order valence-corrected chi connectivity index (χ1v) is 5.69. The molecule has 0 N–H and O–H groups in total. The topological polar surface area (TPSA) is 0 Å². The van der Waals surface area contributed by atoms with Crippen molar-refractivity contribution in [1.82, 2.24) is 0 Å². The number of thiol groups is 1. The Kier molecular flexibility index (Phi) is 3.69. The van der Waals surface area contributed by atoms with E-state index >= 15 is 0 Å². The quantitative estimate of drug-likeness (QED) is 0.556. The van der Waals surface area contributed by atoms with Crippen LogP contribution in [0.1, 0.15) is 16.7 Å². The maximum Gasteiger partial charge on any atom is 0.0255 e. The minimum Gasteiger partial charge on any atom is -0.175 e. The Hall–Kier alpha value is -1.65. The first kappa shape index (κ1) is 10.9. The molecular formula is C15H11S. The average molecular weight is 223 g/mol. The summed E-state index contributed by atoms with van der Waals surface area (Å²) in [5.74, 6) is 6.98. The van der Waals surface area contributed by atoms with Crippen LogP contribution in [0.25, 0.3) is 0 Å². The van der Waals surface area contributed by atoms with Crippen LogP contribution >= 0.6 is 12.6 Å². The van der Waals surface area contributed by atoms with Crippen LogP contribution in [0.15, 0.2) is 48.5 Å². The third kappa shape index (κ3) is 2.92. The Bertz CT molecular complexity index is 518. The van der Waals surface area contributed by atoms with E-state index in [1.54, 1.807) is 0 Å². The SMILES string of the molecule is SCc1cccc(C#Cc2c[c]ccc2)c1. The van der Waals surface area contributed by atoms with Crippen molar-refractivity contribution < 1.29 is 0 Å². The van der Waals surface area contributed by atoms with Crippen LogP contribution in [-0.4, -0.2) is 0 Å². The van der Waals surface area contributed by atoms with Crippen LogP contribution in [0.5, 0.6) is 0 Å². The molecule has 0 saturated carbocycles. The molecule has 0 atom stereocenters. The van der Waals surface area contributed by atoms with Gasteiger partial charge in [-0.05, 0) is 35.9 Å². The van der Waals surface area contributed by atoms with Gasteiger partial charge in [0.2, 0.25) is 0 Å². The van der Waals surface area contributed by atoms with E-state index in [0.717, 1.165) is 16.9 Å². The van der Waals surface area contributed by atoms with E-state index in [2.05, 4.69) is 42.7 Å². The van der Waals surface area contributed by atoms with Crippen molar-refractivity contribution in [2.75, 3.05) is 0 Å². The van der Waals surface area contributed by atoms with Crippen LogP contribution < -0.4 is 0 Å². The molecule has 2 rings (SSSR count). The Morgan fingerprint density at radius 3 is 2.62 bits per heavy atom. The van der Waals surface area contributed by atoms with Crippen LogP contribution in [0.3, 0.4) is 0 Å². The van der Waals surface area contributed by atoms with Crippen molar-refractivity contribution in [2.24, 2.45) is 0 Å². The summed E-state index contributed by atoms with van der Waals surface area (Å²) >= 11 is 4.24. The van der Waals surface area contributed by atoms with Crippen molar-refractivity contribution in [2.45, 2.75) is 5.75 Å². The molecule has 0 nitrogen and oxygen atoms in total. The second-order valence-electron chi connectivity index (χ2n) is 3.40. The maximum atomic E-state index is 4.24. The van der Waals surface area contributed by atoms with Gasteiger partial charge < -0.3 is 0 Å². The maximum absolute atomic E-state index is 4.24. The van der Waals surface area contributed by atoms with E-state index in [4.69, 9.17) is 0 Å². The molecule has 0 aliphatic carbocycles. The largest absolute Gasteiger partial charge is 0.175 e. The summed E-state index contributed by atoms with van der Waals surface area (Å²) in [4.78, 5) is 0. The van der Waals surface area contributed by atoms with Crippen molar-refractivity contribution >= 4 is 12.6 Å². The van der Waals surface area contributed by atoms with Crippen molar-refractivity contribution in [3.8, 4) is 11.8 Å². The molecule has 1 radical (unpaired) electrons. The minimum atomic E-state index is 0.745. The fourth-order valence-electron chi connectivity index (χ4n) is 1.36. The Morgan fingerprint density at radius 1 is 1.06 bits per heavy atom. The predicted molar refractivity (Wildman–Crippen MR) is 70.4 cm³/mol. The van der Waals surface area contributed by atoms with Crippen LogP contribution in [0.4, 0.5) is 0 Å². The monoisotopic (exact) mass is 223 g/mol. The highest BCUT2D eigenvalue weighted by Crippen LogP contribution is 2.06. The second-order valence-corrected chi connectivity index (χ2v) is 3.72. The lowest BCUT2D eigenvalue weighted by atomic mass is 10.1. The highest BCUT2D eigenvalue weighted by atomic mass is 32.1. The summed E-state index contributed by atoms with van der Waals surface area (Å²) in [5.41, 5.74) is 3.20. The fraction of sp³-hybridized carbons (Fsp3) is 0.0667. The van der Waals surface area contributed by atoms with E-state index in [-0.39, 0.29) is 0 Å². The van der Waals surface area contributed by atoms with Gasteiger partial charge in [-0.3, -0.25) is 0 Å². The second kappa shape index (κ2) is 5.44. The minimum absolute atomic E-state index is 0.745. The molecule has 0 amide bonds. The molecule has 77 valence electrons. The first-order valence-electron chi connectivity index (χ1n) is 5.06. The third-order valence-corrected chi connectivity index (χ3v) is 2.53.